The van der Waals surface area contributed by atoms with Gasteiger partial charge in [-0.15, -0.1) is 0 Å². The minimum absolute atomic E-state index is 0.0306. The molecule has 0 aliphatic heterocycles. The molecule has 14 heavy (non-hydrogen) atoms. The van der Waals surface area contributed by atoms with Crippen LogP contribution in [0.15, 0.2) is 18.2 Å². The Balaban J connectivity index is 3.29. The van der Waals surface area contributed by atoms with Crippen LogP contribution in [0, 0.1) is 17.0 Å². The van der Waals surface area contributed by atoms with Crippen LogP contribution in [-0.4, -0.2) is 15.4 Å². The fraction of sp³-hybridized carbons (Fsp3) is 0.333. The van der Waals surface area contributed by atoms with E-state index in [0.717, 1.165) is 5.56 Å². The molecule has 4 nitrogen and oxygen atoms in total. The molecule has 0 saturated heterocycles. The van der Waals surface area contributed by atoms with E-state index in [0.29, 0.717) is 10.9 Å². The van der Waals surface area contributed by atoms with Crippen LogP contribution in [0.5, 0.6) is 0 Å². The number of alkyl halides is 1. The number of aliphatic hydroxyl groups excluding tert-OH is 1. The van der Waals surface area contributed by atoms with Gasteiger partial charge in [0.1, 0.15) is 0 Å². The number of nitrogens with zero attached hydrogens (tertiary/aromatic N) is 1. The van der Waals surface area contributed by atoms with Gasteiger partial charge < -0.3 is 5.11 Å². The Hall–Kier alpha value is -0.940. The summed E-state index contributed by atoms with van der Waals surface area (Å²) in [5.74, 6) is 0. The third-order valence-corrected chi connectivity index (χ3v) is 2.59. The van der Waals surface area contributed by atoms with Gasteiger partial charge in [0.05, 0.1) is 16.6 Å². The summed E-state index contributed by atoms with van der Waals surface area (Å²) in [6, 6.07) is 4.75. The molecule has 1 aromatic rings. The SMILES string of the molecule is Cc1cccc([N+](=O)[O-])c1C(O)CBr. The van der Waals surface area contributed by atoms with Crippen molar-refractivity contribution in [2.45, 2.75) is 13.0 Å². The predicted molar refractivity (Wildman–Crippen MR) is 56.6 cm³/mol. The summed E-state index contributed by atoms with van der Waals surface area (Å²) in [5, 5.41) is 20.6. The highest BCUT2D eigenvalue weighted by Gasteiger charge is 2.21. The fourth-order valence-electron chi connectivity index (χ4n) is 1.34. The summed E-state index contributed by atoms with van der Waals surface area (Å²) in [7, 11) is 0. The molecule has 0 saturated carbocycles. The number of benzene rings is 1. The van der Waals surface area contributed by atoms with E-state index < -0.39 is 11.0 Å². The van der Waals surface area contributed by atoms with Crippen LogP contribution in [0.25, 0.3) is 0 Å². The van der Waals surface area contributed by atoms with Crippen molar-refractivity contribution in [3.63, 3.8) is 0 Å². The Morgan fingerprint density at radius 3 is 2.79 bits per heavy atom. The Kier molecular flexibility index (Phi) is 3.60. The lowest BCUT2D eigenvalue weighted by atomic mass is 10.0. The Labute approximate surface area is 89.8 Å². The first-order valence-corrected chi connectivity index (χ1v) is 5.18. The van der Waals surface area contributed by atoms with E-state index in [2.05, 4.69) is 15.9 Å². The highest BCUT2D eigenvalue weighted by atomic mass is 79.9. The number of hydrogen-bond donors (Lipinski definition) is 1. The maximum atomic E-state index is 10.7. The van der Waals surface area contributed by atoms with Gasteiger partial charge in [-0.25, -0.2) is 0 Å². The third-order valence-electron chi connectivity index (χ3n) is 1.98. The second-order valence-electron chi connectivity index (χ2n) is 2.93. The van der Waals surface area contributed by atoms with Gasteiger partial charge in [0, 0.05) is 11.4 Å². The molecular formula is C9H10BrNO3. The second kappa shape index (κ2) is 4.52. The summed E-state index contributed by atoms with van der Waals surface area (Å²) < 4.78 is 0. The van der Waals surface area contributed by atoms with Crippen molar-refractivity contribution in [2.75, 3.05) is 5.33 Å². The predicted octanol–water partition coefficient (Wildman–Crippen LogP) is 2.33. The Morgan fingerprint density at radius 2 is 2.29 bits per heavy atom. The highest BCUT2D eigenvalue weighted by molar-refractivity contribution is 9.09. The topological polar surface area (TPSA) is 63.4 Å². The van der Waals surface area contributed by atoms with E-state index in [4.69, 9.17) is 0 Å². The van der Waals surface area contributed by atoms with Crippen molar-refractivity contribution >= 4 is 21.6 Å². The zero-order valence-corrected chi connectivity index (χ0v) is 9.19. The van der Waals surface area contributed by atoms with Gasteiger partial charge in [-0.2, -0.15) is 0 Å². The molecule has 0 aromatic heterocycles. The molecule has 1 aromatic carbocycles. The van der Waals surface area contributed by atoms with Crippen LogP contribution in [-0.2, 0) is 0 Å². The van der Waals surface area contributed by atoms with Gasteiger partial charge >= 0.3 is 0 Å². The monoisotopic (exact) mass is 259 g/mol. The molecule has 0 radical (unpaired) electrons. The van der Waals surface area contributed by atoms with Crippen LogP contribution in [0.1, 0.15) is 17.2 Å². The van der Waals surface area contributed by atoms with Gasteiger partial charge in [-0.1, -0.05) is 28.1 Å². The van der Waals surface area contributed by atoms with Gasteiger partial charge in [0.2, 0.25) is 0 Å². The smallest absolute Gasteiger partial charge is 0.275 e. The maximum Gasteiger partial charge on any atom is 0.275 e. The molecule has 0 fully saturated rings. The lowest BCUT2D eigenvalue weighted by Crippen LogP contribution is -2.05. The van der Waals surface area contributed by atoms with Crippen molar-refractivity contribution < 1.29 is 10.0 Å². The van der Waals surface area contributed by atoms with Crippen molar-refractivity contribution in [3.05, 3.63) is 39.4 Å². The highest BCUT2D eigenvalue weighted by Crippen LogP contribution is 2.29. The number of aliphatic hydroxyl groups is 1. The molecule has 1 unspecified atom stereocenters. The molecule has 0 heterocycles. The van der Waals surface area contributed by atoms with Gasteiger partial charge in [0.15, 0.2) is 0 Å². The van der Waals surface area contributed by atoms with Crippen LogP contribution in [0.2, 0.25) is 0 Å². The van der Waals surface area contributed by atoms with E-state index in [1.165, 1.54) is 6.07 Å². The second-order valence-corrected chi connectivity index (χ2v) is 3.58. The number of nitro benzene ring substituents is 1. The van der Waals surface area contributed by atoms with E-state index in [9.17, 15) is 15.2 Å². The lowest BCUT2D eigenvalue weighted by Gasteiger charge is -2.10. The minimum Gasteiger partial charge on any atom is -0.387 e. The number of aryl methyl sites for hydroxylation is 1. The number of hydrogen-bond acceptors (Lipinski definition) is 3. The molecule has 5 heteroatoms. The summed E-state index contributed by atoms with van der Waals surface area (Å²) >= 11 is 3.10. The normalized spacial score (nSPS) is 12.5. The molecule has 0 aliphatic carbocycles. The number of halogens is 1. The van der Waals surface area contributed by atoms with Gasteiger partial charge in [-0.3, -0.25) is 10.1 Å². The minimum atomic E-state index is -0.836. The van der Waals surface area contributed by atoms with Crippen molar-refractivity contribution in [2.24, 2.45) is 0 Å². The molecule has 1 N–H and O–H groups in total. The molecule has 1 rings (SSSR count). The van der Waals surface area contributed by atoms with Crippen LogP contribution in [0.4, 0.5) is 5.69 Å². The molecule has 0 spiro atoms. The van der Waals surface area contributed by atoms with E-state index in [-0.39, 0.29) is 5.69 Å². The van der Waals surface area contributed by atoms with Crippen molar-refractivity contribution in [3.8, 4) is 0 Å². The van der Waals surface area contributed by atoms with Crippen molar-refractivity contribution in [1.29, 1.82) is 0 Å². The first kappa shape index (κ1) is 11.1. The van der Waals surface area contributed by atoms with E-state index >= 15 is 0 Å². The Bertz CT molecular complexity index is 354. The number of rotatable bonds is 3. The molecule has 0 aliphatic rings. The van der Waals surface area contributed by atoms with E-state index in [1.807, 2.05) is 0 Å². The van der Waals surface area contributed by atoms with Crippen LogP contribution < -0.4 is 0 Å². The maximum absolute atomic E-state index is 10.7. The first-order valence-electron chi connectivity index (χ1n) is 4.06. The van der Waals surface area contributed by atoms with Gasteiger partial charge in [-0.05, 0) is 12.5 Å². The average Bonchev–Trinajstić information content (AvgIpc) is 2.16. The fourth-order valence-corrected chi connectivity index (χ4v) is 1.66. The largest absolute Gasteiger partial charge is 0.387 e. The zero-order valence-electron chi connectivity index (χ0n) is 7.61. The van der Waals surface area contributed by atoms with Crippen LogP contribution in [0.3, 0.4) is 0 Å². The number of nitro groups is 1. The molecule has 0 bridgehead atoms. The summed E-state index contributed by atoms with van der Waals surface area (Å²) in [6.45, 7) is 1.74. The standard InChI is InChI=1S/C9H10BrNO3/c1-6-3-2-4-7(11(13)14)9(6)8(12)5-10/h2-4,8,12H,5H2,1H3. The zero-order chi connectivity index (χ0) is 10.7. The average molecular weight is 260 g/mol. The van der Waals surface area contributed by atoms with Crippen molar-refractivity contribution in [1.82, 2.24) is 0 Å². The molecule has 76 valence electrons. The van der Waals surface area contributed by atoms with Crippen LogP contribution >= 0.6 is 15.9 Å². The van der Waals surface area contributed by atoms with Gasteiger partial charge in [0.25, 0.3) is 5.69 Å². The first-order chi connectivity index (χ1) is 6.57. The summed E-state index contributed by atoms with van der Waals surface area (Å²) in [4.78, 5) is 10.2. The third kappa shape index (κ3) is 2.10. The molecule has 1 atom stereocenters. The quantitative estimate of drug-likeness (QED) is 0.515. The summed E-state index contributed by atoms with van der Waals surface area (Å²) in [6.07, 6.45) is -0.836. The Morgan fingerprint density at radius 1 is 1.64 bits per heavy atom. The lowest BCUT2D eigenvalue weighted by molar-refractivity contribution is -0.386. The molecule has 0 amide bonds. The van der Waals surface area contributed by atoms with E-state index in [1.54, 1.807) is 19.1 Å². The molecular weight excluding hydrogens is 250 g/mol. The summed E-state index contributed by atoms with van der Waals surface area (Å²) in [5.41, 5.74) is 1.08.